The number of benzene rings is 2. The summed E-state index contributed by atoms with van der Waals surface area (Å²) in [5.74, 6) is -1.54. The Bertz CT molecular complexity index is 1190. The van der Waals surface area contributed by atoms with Crippen LogP contribution in [0.15, 0.2) is 47.3 Å². The molecule has 0 unspecified atom stereocenters. The summed E-state index contributed by atoms with van der Waals surface area (Å²) in [4.78, 5) is 25.3. The number of hydrogen-bond donors (Lipinski definition) is 1. The maximum atomic E-state index is 14.2. The SMILES string of the molecule is CCn1c(-c2ccc(Cl)c(Cl)c2)c(C(=O)O)c(=O)c(-c2ccc(Cl)cc2)c1C(F)F. The van der Waals surface area contributed by atoms with Crippen LogP contribution in [-0.4, -0.2) is 15.6 Å². The molecule has 1 aromatic heterocycles. The molecule has 0 radical (unpaired) electrons. The van der Waals surface area contributed by atoms with Crippen molar-refractivity contribution in [3.05, 3.63) is 79.0 Å². The fourth-order valence-corrected chi connectivity index (χ4v) is 3.76. The Morgan fingerprint density at radius 2 is 1.63 bits per heavy atom. The van der Waals surface area contributed by atoms with E-state index >= 15 is 0 Å². The first-order valence-electron chi connectivity index (χ1n) is 8.70. The van der Waals surface area contributed by atoms with Crippen LogP contribution in [0.5, 0.6) is 0 Å². The summed E-state index contributed by atoms with van der Waals surface area (Å²) in [5.41, 5.74) is -2.46. The molecule has 9 heteroatoms. The van der Waals surface area contributed by atoms with E-state index in [0.717, 1.165) is 4.57 Å². The summed E-state index contributed by atoms with van der Waals surface area (Å²) >= 11 is 17.8. The highest BCUT2D eigenvalue weighted by Crippen LogP contribution is 2.36. The van der Waals surface area contributed by atoms with Gasteiger partial charge in [0, 0.05) is 17.1 Å². The zero-order chi connectivity index (χ0) is 22.2. The topological polar surface area (TPSA) is 59.3 Å². The summed E-state index contributed by atoms with van der Waals surface area (Å²) in [6.45, 7) is 1.56. The predicted molar refractivity (Wildman–Crippen MR) is 114 cm³/mol. The van der Waals surface area contributed by atoms with Gasteiger partial charge in [-0.1, -0.05) is 53.0 Å². The van der Waals surface area contributed by atoms with Crippen molar-refractivity contribution in [3.8, 4) is 22.4 Å². The van der Waals surface area contributed by atoms with Gasteiger partial charge in [0.25, 0.3) is 6.43 Å². The van der Waals surface area contributed by atoms with Gasteiger partial charge in [-0.15, -0.1) is 0 Å². The van der Waals surface area contributed by atoms with Crippen LogP contribution in [-0.2, 0) is 6.54 Å². The first kappa shape index (κ1) is 22.3. The quantitative estimate of drug-likeness (QED) is 0.444. The largest absolute Gasteiger partial charge is 0.477 e. The van der Waals surface area contributed by atoms with Crippen LogP contribution in [0.25, 0.3) is 22.4 Å². The van der Waals surface area contributed by atoms with Crippen LogP contribution < -0.4 is 5.43 Å². The number of carboxylic acid groups (broad SMARTS) is 1. The van der Waals surface area contributed by atoms with Gasteiger partial charge in [-0.3, -0.25) is 4.79 Å². The molecule has 0 aliphatic carbocycles. The average Bonchev–Trinajstić information content (AvgIpc) is 2.69. The molecule has 0 spiro atoms. The number of hydrogen-bond acceptors (Lipinski definition) is 2. The van der Waals surface area contributed by atoms with Gasteiger partial charge < -0.3 is 9.67 Å². The number of aromatic nitrogens is 1. The lowest BCUT2D eigenvalue weighted by Crippen LogP contribution is -2.26. The van der Waals surface area contributed by atoms with Crippen molar-refractivity contribution in [3.63, 3.8) is 0 Å². The molecular formula is C21H14Cl3F2NO3. The van der Waals surface area contributed by atoms with Crippen LogP contribution in [0.1, 0.15) is 29.4 Å². The van der Waals surface area contributed by atoms with E-state index in [4.69, 9.17) is 34.8 Å². The molecule has 0 aliphatic heterocycles. The summed E-state index contributed by atoms with van der Waals surface area (Å²) < 4.78 is 29.5. The lowest BCUT2D eigenvalue weighted by atomic mass is 9.95. The predicted octanol–water partition coefficient (Wildman–Crippen LogP) is 6.80. The van der Waals surface area contributed by atoms with E-state index in [1.54, 1.807) is 6.92 Å². The van der Waals surface area contributed by atoms with Crippen molar-refractivity contribution >= 4 is 40.8 Å². The van der Waals surface area contributed by atoms with E-state index < -0.39 is 29.1 Å². The van der Waals surface area contributed by atoms with Gasteiger partial charge in [0.15, 0.2) is 0 Å². The van der Waals surface area contributed by atoms with Crippen molar-refractivity contribution in [1.29, 1.82) is 0 Å². The highest BCUT2D eigenvalue weighted by molar-refractivity contribution is 6.42. The third kappa shape index (κ3) is 3.95. The molecule has 3 rings (SSSR count). The van der Waals surface area contributed by atoms with Gasteiger partial charge in [0.1, 0.15) is 5.56 Å². The number of carboxylic acids is 1. The molecule has 156 valence electrons. The Hall–Kier alpha value is -2.41. The first-order chi connectivity index (χ1) is 14.2. The number of nitrogens with zero attached hydrogens (tertiary/aromatic N) is 1. The zero-order valence-electron chi connectivity index (χ0n) is 15.4. The Balaban J connectivity index is 2.53. The highest BCUT2D eigenvalue weighted by atomic mass is 35.5. The van der Waals surface area contributed by atoms with Gasteiger partial charge >= 0.3 is 5.97 Å². The van der Waals surface area contributed by atoms with Crippen LogP contribution >= 0.6 is 34.8 Å². The molecule has 3 aromatic rings. The van der Waals surface area contributed by atoms with E-state index in [9.17, 15) is 23.5 Å². The number of alkyl halides is 2. The fraction of sp³-hybridized carbons (Fsp3) is 0.143. The van der Waals surface area contributed by atoms with Gasteiger partial charge in [-0.2, -0.15) is 0 Å². The molecule has 0 saturated heterocycles. The van der Waals surface area contributed by atoms with Crippen molar-refractivity contribution in [1.82, 2.24) is 4.57 Å². The fourth-order valence-electron chi connectivity index (χ4n) is 3.33. The molecule has 4 nitrogen and oxygen atoms in total. The molecule has 0 fully saturated rings. The third-order valence-corrected chi connectivity index (χ3v) is 5.56. The number of aromatic carboxylic acids is 1. The zero-order valence-corrected chi connectivity index (χ0v) is 17.7. The summed E-state index contributed by atoms with van der Waals surface area (Å²) in [7, 11) is 0. The van der Waals surface area contributed by atoms with Crippen LogP contribution in [0, 0.1) is 0 Å². The first-order valence-corrected chi connectivity index (χ1v) is 9.84. The molecule has 0 bridgehead atoms. The monoisotopic (exact) mass is 471 g/mol. The number of pyridine rings is 1. The molecule has 30 heavy (non-hydrogen) atoms. The van der Waals surface area contributed by atoms with E-state index in [1.165, 1.54) is 42.5 Å². The summed E-state index contributed by atoms with van der Waals surface area (Å²) in [5, 5.41) is 10.5. The van der Waals surface area contributed by atoms with E-state index in [0.29, 0.717) is 5.02 Å². The second kappa shape index (κ2) is 8.76. The van der Waals surface area contributed by atoms with Crippen molar-refractivity contribution in [2.45, 2.75) is 19.9 Å². The molecule has 2 aromatic carbocycles. The number of halogens is 5. The van der Waals surface area contributed by atoms with E-state index in [1.807, 2.05) is 0 Å². The summed E-state index contributed by atoms with van der Waals surface area (Å²) in [6.07, 6.45) is -3.05. The Labute approximate surface area is 185 Å². The lowest BCUT2D eigenvalue weighted by Gasteiger charge is -2.23. The highest BCUT2D eigenvalue weighted by Gasteiger charge is 2.30. The van der Waals surface area contributed by atoms with Crippen LogP contribution in [0.3, 0.4) is 0 Å². The summed E-state index contributed by atoms with van der Waals surface area (Å²) in [6, 6.07) is 9.85. The molecule has 0 saturated carbocycles. The Morgan fingerprint density at radius 3 is 2.13 bits per heavy atom. The Kier molecular flexibility index (Phi) is 6.50. The number of carbonyl (C=O) groups is 1. The van der Waals surface area contributed by atoms with E-state index in [2.05, 4.69) is 0 Å². The Morgan fingerprint density at radius 1 is 1.03 bits per heavy atom. The minimum absolute atomic E-state index is 0.0175. The standard InChI is InChI=1S/C21H14Cl3F2NO3/c1-2-27-17(11-5-8-13(23)14(24)9-11)16(21(29)30)19(28)15(18(27)20(25)26)10-3-6-12(22)7-4-10/h3-9,20H,2H2,1H3,(H,29,30). The number of rotatable bonds is 5. The molecule has 1 N–H and O–H groups in total. The van der Waals surface area contributed by atoms with Gasteiger partial charge in [0.05, 0.1) is 27.0 Å². The maximum Gasteiger partial charge on any atom is 0.341 e. The second-order valence-electron chi connectivity index (χ2n) is 6.30. The average molecular weight is 473 g/mol. The smallest absolute Gasteiger partial charge is 0.341 e. The lowest BCUT2D eigenvalue weighted by molar-refractivity contribution is 0.0694. The van der Waals surface area contributed by atoms with Crippen molar-refractivity contribution in [2.24, 2.45) is 0 Å². The third-order valence-electron chi connectivity index (χ3n) is 4.57. The van der Waals surface area contributed by atoms with Gasteiger partial charge in [-0.05, 0) is 36.8 Å². The molecule has 0 atom stereocenters. The van der Waals surface area contributed by atoms with Crippen molar-refractivity contribution < 1.29 is 18.7 Å². The molecular weight excluding hydrogens is 459 g/mol. The van der Waals surface area contributed by atoms with Crippen LogP contribution in [0.2, 0.25) is 15.1 Å². The van der Waals surface area contributed by atoms with Gasteiger partial charge in [0.2, 0.25) is 5.43 Å². The molecule has 1 heterocycles. The second-order valence-corrected chi connectivity index (χ2v) is 7.55. The minimum Gasteiger partial charge on any atom is -0.477 e. The van der Waals surface area contributed by atoms with E-state index in [-0.39, 0.29) is 39.0 Å². The molecule has 0 amide bonds. The van der Waals surface area contributed by atoms with Gasteiger partial charge in [-0.25, -0.2) is 13.6 Å². The molecule has 0 aliphatic rings. The normalized spacial score (nSPS) is 11.2. The minimum atomic E-state index is -3.05. The van der Waals surface area contributed by atoms with Crippen molar-refractivity contribution in [2.75, 3.05) is 0 Å². The maximum absolute atomic E-state index is 14.2. The van der Waals surface area contributed by atoms with Crippen LogP contribution in [0.4, 0.5) is 8.78 Å².